The minimum absolute atomic E-state index is 0.105. The van der Waals surface area contributed by atoms with Gasteiger partial charge in [0.1, 0.15) is 6.04 Å². The molecular weight excluding hydrogens is 438 g/mol. The van der Waals surface area contributed by atoms with Crippen LogP contribution in [0, 0.1) is 0 Å². The molecule has 1 saturated heterocycles. The summed E-state index contributed by atoms with van der Waals surface area (Å²) in [6.45, 7) is 3.39. The molecular formula is C24H31N5O5. The standard InChI is InChI=1S/C24H31N5O5/c1-15(30)22(24(33)29-34)28-23(32)18-6-4-16(5-7-18)17-8-10-19(11-9-17)27-21(31)14-25-13-20-3-2-12-26-20/h4-11,15,20,22,25-26,30,34H,2-3,12-14H2,1H3,(H,27,31)(H,28,32)(H,29,33)/t15-,20+,22+/m1/s1. The molecule has 0 unspecified atom stereocenters. The van der Waals surface area contributed by atoms with Gasteiger partial charge in [-0.25, -0.2) is 5.48 Å². The van der Waals surface area contributed by atoms with Crippen molar-refractivity contribution in [3.05, 3.63) is 54.1 Å². The molecule has 0 aromatic heterocycles. The molecule has 10 heteroatoms. The number of benzene rings is 2. The maximum atomic E-state index is 12.4. The Morgan fingerprint density at radius 2 is 1.71 bits per heavy atom. The first kappa shape index (κ1) is 25.3. The molecule has 0 spiro atoms. The molecule has 1 heterocycles. The highest BCUT2D eigenvalue weighted by Crippen LogP contribution is 2.22. The van der Waals surface area contributed by atoms with Gasteiger partial charge >= 0.3 is 0 Å². The van der Waals surface area contributed by atoms with Crippen molar-refractivity contribution < 1.29 is 24.7 Å². The van der Waals surface area contributed by atoms with Gasteiger partial charge in [0, 0.05) is 23.8 Å². The molecule has 3 amide bonds. The van der Waals surface area contributed by atoms with Gasteiger partial charge in [0.15, 0.2) is 0 Å². The third kappa shape index (κ3) is 7.09. The van der Waals surface area contributed by atoms with Crippen molar-refractivity contribution in [2.75, 3.05) is 25.0 Å². The number of hydrogen-bond donors (Lipinski definition) is 7. The highest BCUT2D eigenvalue weighted by Gasteiger charge is 2.25. The summed E-state index contributed by atoms with van der Waals surface area (Å²) in [4.78, 5) is 36.1. The SMILES string of the molecule is C[C@@H](O)[C@H](NC(=O)c1ccc(-c2ccc(NC(=O)CNC[C@@H]3CCCN3)cc2)cc1)C(=O)NO. The van der Waals surface area contributed by atoms with Gasteiger partial charge < -0.3 is 26.4 Å². The predicted octanol–water partition coefficient (Wildman–Crippen LogP) is 0.618. The Kier molecular flexibility index (Phi) is 9.11. The molecule has 0 bridgehead atoms. The predicted molar refractivity (Wildman–Crippen MR) is 127 cm³/mol. The van der Waals surface area contributed by atoms with Gasteiger partial charge in [-0.05, 0) is 61.7 Å². The maximum Gasteiger partial charge on any atom is 0.268 e. The molecule has 0 radical (unpaired) electrons. The van der Waals surface area contributed by atoms with Crippen molar-refractivity contribution in [1.29, 1.82) is 0 Å². The van der Waals surface area contributed by atoms with Crippen LogP contribution in [0.2, 0.25) is 0 Å². The van der Waals surface area contributed by atoms with E-state index in [1.54, 1.807) is 24.3 Å². The first-order chi connectivity index (χ1) is 16.4. The monoisotopic (exact) mass is 469 g/mol. The molecule has 2 aromatic carbocycles. The molecule has 0 aliphatic carbocycles. The van der Waals surface area contributed by atoms with Gasteiger partial charge in [0.25, 0.3) is 11.8 Å². The van der Waals surface area contributed by atoms with Crippen molar-refractivity contribution >= 4 is 23.4 Å². The van der Waals surface area contributed by atoms with E-state index in [1.165, 1.54) is 18.8 Å². The number of nitrogens with one attached hydrogen (secondary N) is 5. The summed E-state index contributed by atoms with van der Waals surface area (Å²) in [5, 5.41) is 30.2. The summed E-state index contributed by atoms with van der Waals surface area (Å²) in [5.41, 5.74) is 4.17. The number of hydrogen-bond acceptors (Lipinski definition) is 7. The van der Waals surface area contributed by atoms with Gasteiger partial charge in [0.05, 0.1) is 12.6 Å². The summed E-state index contributed by atoms with van der Waals surface area (Å²) in [5.74, 6) is -1.57. The van der Waals surface area contributed by atoms with E-state index < -0.39 is 24.0 Å². The van der Waals surface area contributed by atoms with E-state index in [2.05, 4.69) is 21.3 Å². The van der Waals surface area contributed by atoms with Crippen LogP contribution < -0.4 is 26.7 Å². The van der Waals surface area contributed by atoms with E-state index in [-0.39, 0.29) is 12.5 Å². The molecule has 1 aliphatic heterocycles. The zero-order valence-corrected chi connectivity index (χ0v) is 19.0. The van der Waals surface area contributed by atoms with E-state index in [4.69, 9.17) is 5.21 Å². The van der Waals surface area contributed by atoms with E-state index >= 15 is 0 Å². The highest BCUT2D eigenvalue weighted by molar-refractivity contribution is 5.98. The smallest absolute Gasteiger partial charge is 0.268 e. The topological polar surface area (TPSA) is 152 Å². The second-order valence-electron chi connectivity index (χ2n) is 8.29. The van der Waals surface area contributed by atoms with E-state index in [0.717, 1.165) is 30.6 Å². The highest BCUT2D eigenvalue weighted by atomic mass is 16.5. The van der Waals surface area contributed by atoms with E-state index in [9.17, 15) is 19.5 Å². The fourth-order valence-electron chi connectivity index (χ4n) is 3.76. The molecule has 0 saturated carbocycles. The molecule has 34 heavy (non-hydrogen) atoms. The van der Waals surface area contributed by atoms with Crippen LogP contribution in [0.25, 0.3) is 11.1 Å². The lowest BCUT2D eigenvalue weighted by molar-refractivity contribution is -0.133. The van der Waals surface area contributed by atoms with Gasteiger partial charge in [-0.1, -0.05) is 24.3 Å². The van der Waals surface area contributed by atoms with Crippen molar-refractivity contribution in [2.45, 2.75) is 38.0 Å². The number of hydroxylamine groups is 1. The fourth-order valence-corrected chi connectivity index (χ4v) is 3.76. The molecule has 7 N–H and O–H groups in total. The largest absolute Gasteiger partial charge is 0.391 e. The summed E-state index contributed by atoms with van der Waals surface area (Å²) in [6, 6.07) is 13.2. The van der Waals surface area contributed by atoms with Crippen LogP contribution in [-0.4, -0.2) is 65.9 Å². The molecule has 1 fully saturated rings. The number of carbonyl (C=O) groups excluding carboxylic acids is 3. The molecule has 10 nitrogen and oxygen atoms in total. The van der Waals surface area contributed by atoms with Gasteiger partial charge in [-0.15, -0.1) is 0 Å². The Morgan fingerprint density at radius 3 is 2.26 bits per heavy atom. The van der Waals surface area contributed by atoms with Gasteiger partial charge in [-0.2, -0.15) is 0 Å². The first-order valence-electron chi connectivity index (χ1n) is 11.2. The quantitative estimate of drug-likeness (QED) is 0.199. The number of carbonyl (C=O) groups is 3. The van der Waals surface area contributed by atoms with Crippen LogP contribution in [0.15, 0.2) is 48.5 Å². The van der Waals surface area contributed by atoms with Gasteiger partial charge in [0.2, 0.25) is 5.91 Å². The van der Waals surface area contributed by atoms with Crippen molar-refractivity contribution in [1.82, 2.24) is 21.4 Å². The fraction of sp³-hybridized carbons (Fsp3) is 0.375. The first-order valence-corrected chi connectivity index (χ1v) is 11.2. The third-order valence-corrected chi connectivity index (χ3v) is 5.65. The number of rotatable bonds is 10. The molecule has 1 aliphatic rings. The van der Waals surface area contributed by atoms with Crippen LogP contribution in [0.3, 0.4) is 0 Å². The number of aliphatic hydroxyl groups is 1. The lowest BCUT2D eigenvalue weighted by Crippen LogP contribution is -2.51. The summed E-state index contributed by atoms with van der Waals surface area (Å²) in [6.07, 6.45) is 1.12. The van der Waals surface area contributed by atoms with Gasteiger partial charge in [-0.3, -0.25) is 19.6 Å². The summed E-state index contributed by atoms with van der Waals surface area (Å²) < 4.78 is 0. The molecule has 3 atom stereocenters. The summed E-state index contributed by atoms with van der Waals surface area (Å²) in [7, 11) is 0. The molecule has 182 valence electrons. The molecule has 2 aromatic rings. The third-order valence-electron chi connectivity index (χ3n) is 5.65. The van der Waals surface area contributed by atoms with Crippen LogP contribution in [0.4, 0.5) is 5.69 Å². The lowest BCUT2D eigenvalue weighted by Gasteiger charge is -2.19. The average molecular weight is 470 g/mol. The average Bonchev–Trinajstić information content (AvgIpc) is 3.36. The lowest BCUT2D eigenvalue weighted by atomic mass is 10.0. The Bertz CT molecular complexity index is 972. The van der Waals surface area contributed by atoms with Crippen LogP contribution in [-0.2, 0) is 9.59 Å². The summed E-state index contributed by atoms with van der Waals surface area (Å²) >= 11 is 0. The van der Waals surface area contributed by atoms with Crippen molar-refractivity contribution in [3.8, 4) is 11.1 Å². The second kappa shape index (κ2) is 12.2. The van der Waals surface area contributed by atoms with Crippen molar-refractivity contribution in [2.24, 2.45) is 0 Å². The Hall–Kier alpha value is -3.31. The minimum atomic E-state index is -1.28. The van der Waals surface area contributed by atoms with E-state index in [1.807, 2.05) is 24.3 Å². The Morgan fingerprint density at radius 1 is 1.06 bits per heavy atom. The van der Waals surface area contributed by atoms with Crippen LogP contribution in [0.5, 0.6) is 0 Å². The zero-order valence-electron chi connectivity index (χ0n) is 19.0. The van der Waals surface area contributed by atoms with Crippen molar-refractivity contribution in [3.63, 3.8) is 0 Å². The van der Waals surface area contributed by atoms with Crippen LogP contribution in [0.1, 0.15) is 30.1 Å². The molecule has 3 rings (SSSR count). The Balaban J connectivity index is 1.52. The number of aliphatic hydroxyl groups excluding tert-OH is 1. The normalized spacial score (nSPS) is 17.0. The zero-order chi connectivity index (χ0) is 24.5. The number of amides is 3. The maximum absolute atomic E-state index is 12.4. The van der Waals surface area contributed by atoms with E-state index in [0.29, 0.717) is 17.3 Å². The number of anilines is 1. The Labute approximate surface area is 198 Å². The van der Waals surface area contributed by atoms with Crippen LogP contribution >= 0.6 is 0 Å². The minimum Gasteiger partial charge on any atom is -0.391 e. The second-order valence-corrected chi connectivity index (χ2v) is 8.29.